The summed E-state index contributed by atoms with van der Waals surface area (Å²) in [6.45, 7) is 1.70. The Kier molecular flexibility index (Phi) is 6.45. The number of ether oxygens (including phenoxy) is 2. The summed E-state index contributed by atoms with van der Waals surface area (Å²) in [5.41, 5.74) is 3.68. The van der Waals surface area contributed by atoms with Crippen molar-refractivity contribution >= 4 is 5.78 Å². The first-order valence-corrected chi connectivity index (χ1v) is 9.19. The van der Waals surface area contributed by atoms with E-state index in [1.165, 1.54) is 11.1 Å². The lowest BCUT2D eigenvalue weighted by Gasteiger charge is -2.17. The van der Waals surface area contributed by atoms with Gasteiger partial charge in [0.15, 0.2) is 17.3 Å². The molecule has 144 valence electrons. The molecule has 4 heteroatoms. The van der Waals surface area contributed by atoms with Crippen molar-refractivity contribution in [1.82, 2.24) is 4.90 Å². The molecule has 0 aliphatic rings. The van der Waals surface area contributed by atoms with Crippen LogP contribution in [0.3, 0.4) is 0 Å². The predicted molar refractivity (Wildman–Crippen MR) is 111 cm³/mol. The molecule has 0 atom stereocenters. The maximum atomic E-state index is 12.8. The third-order valence-electron chi connectivity index (χ3n) is 4.61. The second-order valence-corrected chi connectivity index (χ2v) is 6.75. The Balaban J connectivity index is 1.67. The lowest BCUT2D eigenvalue weighted by Crippen LogP contribution is -2.17. The number of benzene rings is 3. The van der Waals surface area contributed by atoms with Gasteiger partial charge in [-0.1, -0.05) is 54.6 Å². The molecule has 0 heterocycles. The first kappa shape index (κ1) is 19.6. The van der Waals surface area contributed by atoms with Crippen LogP contribution in [-0.4, -0.2) is 32.0 Å². The molecule has 0 aromatic heterocycles. The van der Waals surface area contributed by atoms with Gasteiger partial charge in [0.05, 0.1) is 14.2 Å². The van der Waals surface area contributed by atoms with E-state index in [1.807, 2.05) is 30.3 Å². The van der Waals surface area contributed by atoms with Gasteiger partial charge in [-0.05, 0) is 36.4 Å². The number of carbonyl (C=O) groups is 1. The molecule has 0 saturated heterocycles. The minimum atomic E-state index is -0.0369. The van der Waals surface area contributed by atoms with E-state index >= 15 is 0 Å². The summed E-state index contributed by atoms with van der Waals surface area (Å²) >= 11 is 0. The highest BCUT2D eigenvalue weighted by Gasteiger charge is 2.13. The van der Waals surface area contributed by atoms with Crippen molar-refractivity contribution in [2.24, 2.45) is 0 Å². The zero-order valence-corrected chi connectivity index (χ0v) is 16.5. The first-order chi connectivity index (χ1) is 13.6. The smallest absolute Gasteiger partial charge is 0.193 e. The van der Waals surface area contributed by atoms with E-state index in [-0.39, 0.29) is 5.78 Å². The van der Waals surface area contributed by atoms with Crippen LogP contribution in [0.25, 0.3) is 0 Å². The Hall–Kier alpha value is -3.11. The summed E-state index contributed by atoms with van der Waals surface area (Å²) in [7, 11) is 5.23. The molecule has 3 aromatic carbocycles. The van der Waals surface area contributed by atoms with E-state index in [9.17, 15) is 4.79 Å². The second-order valence-electron chi connectivity index (χ2n) is 6.75. The second kappa shape index (κ2) is 9.20. The van der Waals surface area contributed by atoms with Gasteiger partial charge in [0.25, 0.3) is 0 Å². The fourth-order valence-corrected chi connectivity index (χ4v) is 3.17. The number of rotatable bonds is 8. The molecule has 3 aromatic rings. The van der Waals surface area contributed by atoms with Crippen molar-refractivity contribution in [3.63, 3.8) is 0 Å². The van der Waals surface area contributed by atoms with E-state index in [0.717, 1.165) is 13.1 Å². The number of hydrogen-bond acceptors (Lipinski definition) is 4. The Bertz CT molecular complexity index is 920. The van der Waals surface area contributed by atoms with Gasteiger partial charge >= 0.3 is 0 Å². The van der Waals surface area contributed by atoms with Gasteiger partial charge in [-0.2, -0.15) is 0 Å². The standard InChI is InChI=1S/C24H25NO3/c1-25(16-18-7-5-4-6-8-18)17-19-9-11-20(12-10-19)24(26)21-13-14-22(27-2)23(15-21)28-3/h4-15H,16-17H2,1-3H3. The van der Waals surface area contributed by atoms with E-state index in [0.29, 0.717) is 22.6 Å². The molecule has 0 spiro atoms. The summed E-state index contributed by atoms with van der Waals surface area (Å²) in [5.74, 6) is 1.12. The Morgan fingerprint density at radius 2 is 1.32 bits per heavy atom. The Morgan fingerprint density at radius 3 is 1.93 bits per heavy atom. The zero-order chi connectivity index (χ0) is 19.9. The number of carbonyl (C=O) groups excluding carboxylic acids is 1. The molecule has 3 rings (SSSR count). The lowest BCUT2D eigenvalue weighted by molar-refractivity contribution is 0.103. The van der Waals surface area contributed by atoms with Gasteiger partial charge in [-0.25, -0.2) is 0 Å². The molecule has 0 amide bonds. The zero-order valence-electron chi connectivity index (χ0n) is 16.5. The van der Waals surface area contributed by atoms with Crippen LogP contribution in [0.2, 0.25) is 0 Å². The van der Waals surface area contributed by atoms with Crippen LogP contribution < -0.4 is 9.47 Å². The van der Waals surface area contributed by atoms with Gasteiger partial charge in [0, 0.05) is 24.2 Å². The van der Waals surface area contributed by atoms with Gasteiger partial charge in [-0.15, -0.1) is 0 Å². The summed E-state index contributed by atoms with van der Waals surface area (Å²) in [6.07, 6.45) is 0. The first-order valence-electron chi connectivity index (χ1n) is 9.19. The quantitative estimate of drug-likeness (QED) is 0.541. The molecule has 0 saturated carbocycles. The van der Waals surface area contributed by atoms with Crippen molar-refractivity contribution in [1.29, 1.82) is 0 Å². The summed E-state index contributed by atoms with van der Waals surface area (Å²) < 4.78 is 10.5. The highest BCUT2D eigenvalue weighted by molar-refractivity contribution is 6.09. The molecule has 0 bridgehead atoms. The highest BCUT2D eigenvalue weighted by Crippen LogP contribution is 2.28. The average Bonchev–Trinajstić information content (AvgIpc) is 2.74. The number of methoxy groups -OCH3 is 2. The fourth-order valence-electron chi connectivity index (χ4n) is 3.17. The van der Waals surface area contributed by atoms with Crippen molar-refractivity contribution in [3.8, 4) is 11.5 Å². The molecule has 0 aliphatic heterocycles. The lowest BCUT2D eigenvalue weighted by atomic mass is 10.0. The number of hydrogen-bond donors (Lipinski definition) is 0. The molecular weight excluding hydrogens is 350 g/mol. The highest BCUT2D eigenvalue weighted by atomic mass is 16.5. The van der Waals surface area contributed by atoms with Crippen LogP contribution in [0.1, 0.15) is 27.0 Å². The van der Waals surface area contributed by atoms with Gasteiger partial charge in [-0.3, -0.25) is 9.69 Å². The van der Waals surface area contributed by atoms with Crippen molar-refractivity contribution in [2.45, 2.75) is 13.1 Å². The largest absolute Gasteiger partial charge is 0.493 e. The summed E-state index contributed by atoms with van der Waals surface area (Å²) in [4.78, 5) is 15.0. The maximum Gasteiger partial charge on any atom is 0.193 e. The van der Waals surface area contributed by atoms with Crippen LogP contribution >= 0.6 is 0 Å². The molecule has 0 fully saturated rings. The van der Waals surface area contributed by atoms with E-state index in [4.69, 9.17) is 9.47 Å². The van der Waals surface area contributed by atoms with Crippen molar-refractivity contribution < 1.29 is 14.3 Å². The van der Waals surface area contributed by atoms with Crippen molar-refractivity contribution in [3.05, 3.63) is 95.1 Å². The average molecular weight is 375 g/mol. The number of nitrogens with zero attached hydrogens (tertiary/aromatic N) is 1. The molecule has 4 nitrogen and oxygen atoms in total. The molecule has 28 heavy (non-hydrogen) atoms. The maximum absolute atomic E-state index is 12.8. The van der Waals surface area contributed by atoms with Gasteiger partial charge in [0.1, 0.15) is 0 Å². The molecule has 0 N–H and O–H groups in total. The predicted octanol–water partition coefficient (Wildman–Crippen LogP) is 4.57. The SMILES string of the molecule is COc1ccc(C(=O)c2ccc(CN(C)Cc3ccccc3)cc2)cc1OC. The normalized spacial score (nSPS) is 10.7. The van der Waals surface area contributed by atoms with Crippen LogP contribution in [-0.2, 0) is 13.1 Å². The molecule has 0 unspecified atom stereocenters. The third kappa shape index (κ3) is 4.78. The molecular formula is C24H25NO3. The van der Waals surface area contributed by atoms with Gasteiger partial charge in [0.2, 0.25) is 0 Å². The summed E-state index contributed by atoms with van der Waals surface area (Å²) in [6, 6.07) is 23.4. The van der Waals surface area contributed by atoms with E-state index in [1.54, 1.807) is 32.4 Å². The Labute approximate surface area is 166 Å². The van der Waals surface area contributed by atoms with Crippen LogP contribution in [0.4, 0.5) is 0 Å². The minimum absolute atomic E-state index is 0.0369. The summed E-state index contributed by atoms with van der Waals surface area (Å²) in [5, 5.41) is 0. The van der Waals surface area contributed by atoms with Crippen molar-refractivity contribution in [2.75, 3.05) is 21.3 Å². The fraction of sp³-hybridized carbons (Fsp3) is 0.208. The topological polar surface area (TPSA) is 38.8 Å². The van der Waals surface area contributed by atoms with E-state index in [2.05, 4.69) is 36.2 Å². The van der Waals surface area contributed by atoms with Crippen LogP contribution in [0, 0.1) is 0 Å². The third-order valence-corrected chi connectivity index (χ3v) is 4.61. The Morgan fingerprint density at radius 1 is 0.750 bits per heavy atom. The van der Waals surface area contributed by atoms with Crippen LogP contribution in [0.15, 0.2) is 72.8 Å². The molecule has 0 radical (unpaired) electrons. The monoisotopic (exact) mass is 375 g/mol. The van der Waals surface area contributed by atoms with Gasteiger partial charge < -0.3 is 9.47 Å². The van der Waals surface area contributed by atoms with Crippen LogP contribution in [0.5, 0.6) is 11.5 Å². The minimum Gasteiger partial charge on any atom is -0.493 e. The number of ketones is 1. The van der Waals surface area contributed by atoms with E-state index < -0.39 is 0 Å². The molecule has 0 aliphatic carbocycles.